The minimum absolute atomic E-state index is 0.378. The molecule has 0 saturated carbocycles. The lowest BCUT2D eigenvalue weighted by Crippen LogP contribution is -2.15. The third-order valence-electron chi connectivity index (χ3n) is 4.46. The number of ether oxygens (including phenoxy) is 3. The Kier molecular flexibility index (Phi) is 6.17. The van der Waals surface area contributed by atoms with Crippen molar-refractivity contribution in [3.05, 3.63) is 72.3 Å². The fourth-order valence-corrected chi connectivity index (χ4v) is 3.05. The molecule has 0 aliphatic heterocycles. The highest BCUT2D eigenvalue weighted by Gasteiger charge is 2.21. The van der Waals surface area contributed by atoms with Crippen molar-refractivity contribution >= 4 is 12.1 Å². The summed E-state index contributed by atoms with van der Waals surface area (Å²) in [6, 6.07) is 21.2. The SMILES string of the molecule is COc1ccc(OC)c(-c2ccccc2N(C)C=O)c1OCc1ccccc1. The van der Waals surface area contributed by atoms with E-state index < -0.39 is 0 Å². The largest absolute Gasteiger partial charge is 0.496 e. The quantitative estimate of drug-likeness (QED) is 0.541. The number of carbonyl (C=O) groups is 1. The van der Waals surface area contributed by atoms with Crippen LogP contribution in [-0.2, 0) is 11.4 Å². The first kappa shape index (κ1) is 19.3. The van der Waals surface area contributed by atoms with Crippen LogP contribution in [0.1, 0.15) is 5.56 Å². The van der Waals surface area contributed by atoms with Gasteiger partial charge in [-0.3, -0.25) is 4.79 Å². The lowest BCUT2D eigenvalue weighted by atomic mass is 10.00. The van der Waals surface area contributed by atoms with Crippen LogP contribution in [0.4, 0.5) is 5.69 Å². The van der Waals surface area contributed by atoms with E-state index in [1.165, 1.54) is 4.90 Å². The lowest BCUT2D eigenvalue weighted by molar-refractivity contribution is -0.107. The summed E-state index contributed by atoms with van der Waals surface area (Å²) in [5.41, 5.74) is 3.34. The molecule has 0 radical (unpaired) electrons. The van der Waals surface area contributed by atoms with E-state index in [1.807, 2.05) is 66.7 Å². The van der Waals surface area contributed by atoms with Gasteiger partial charge in [0.2, 0.25) is 6.41 Å². The van der Waals surface area contributed by atoms with Crippen molar-refractivity contribution in [3.63, 3.8) is 0 Å². The molecule has 1 amide bonds. The molecule has 0 heterocycles. The van der Waals surface area contributed by atoms with Gasteiger partial charge in [-0.2, -0.15) is 0 Å². The molecule has 5 heteroatoms. The standard InChI is InChI=1S/C23H23NO4/c1-24(16-25)19-12-8-7-11-18(19)22-20(26-2)13-14-21(27-3)23(22)28-15-17-9-5-4-6-10-17/h4-14,16H,15H2,1-3H3. The maximum Gasteiger partial charge on any atom is 0.213 e. The Balaban J connectivity index is 2.15. The average Bonchev–Trinajstić information content (AvgIpc) is 2.77. The van der Waals surface area contributed by atoms with Crippen molar-refractivity contribution in [2.24, 2.45) is 0 Å². The number of hydrogen-bond donors (Lipinski definition) is 0. The number of carbonyl (C=O) groups excluding carboxylic acids is 1. The van der Waals surface area contributed by atoms with Crippen LogP contribution in [0.2, 0.25) is 0 Å². The maximum absolute atomic E-state index is 11.4. The molecule has 3 aromatic rings. The minimum Gasteiger partial charge on any atom is -0.496 e. The smallest absolute Gasteiger partial charge is 0.213 e. The van der Waals surface area contributed by atoms with Gasteiger partial charge in [0.05, 0.1) is 25.5 Å². The molecule has 3 rings (SSSR count). The first-order chi connectivity index (χ1) is 13.7. The molecule has 0 aliphatic rings. The zero-order valence-corrected chi connectivity index (χ0v) is 16.2. The summed E-state index contributed by atoms with van der Waals surface area (Å²) >= 11 is 0. The van der Waals surface area contributed by atoms with E-state index >= 15 is 0 Å². The van der Waals surface area contributed by atoms with E-state index in [-0.39, 0.29) is 0 Å². The van der Waals surface area contributed by atoms with E-state index in [9.17, 15) is 4.79 Å². The van der Waals surface area contributed by atoms with E-state index in [0.717, 1.165) is 28.8 Å². The number of hydrogen-bond acceptors (Lipinski definition) is 4. The molecule has 0 fully saturated rings. The second-order valence-corrected chi connectivity index (χ2v) is 6.18. The molecular weight excluding hydrogens is 354 g/mol. The van der Waals surface area contributed by atoms with Crippen molar-refractivity contribution in [2.75, 3.05) is 26.2 Å². The fourth-order valence-electron chi connectivity index (χ4n) is 3.05. The second-order valence-electron chi connectivity index (χ2n) is 6.18. The van der Waals surface area contributed by atoms with Crippen molar-refractivity contribution in [3.8, 4) is 28.4 Å². The van der Waals surface area contributed by atoms with Gasteiger partial charge in [-0.1, -0.05) is 48.5 Å². The number of amides is 1. The maximum atomic E-state index is 11.4. The summed E-state index contributed by atoms with van der Waals surface area (Å²) in [6.45, 7) is 0.378. The number of nitrogens with zero attached hydrogens (tertiary/aromatic N) is 1. The first-order valence-corrected chi connectivity index (χ1v) is 8.88. The van der Waals surface area contributed by atoms with Crippen molar-refractivity contribution in [2.45, 2.75) is 6.61 Å². The number of benzene rings is 3. The van der Waals surface area contributed by atoms with E-state index in [2.05, 4.69) is 0 Å². The van der Waals surface area contributed by atoms with Crippen LogP contribution >= 0.6 is 0 Å². The Bertz CT molecular complexity index is 941. The van der Waals surface area contributed by atoms with Gasteiger partial charge in [0.25, 0.3) is 0 Å². The van der Waals surface area contributed by atoms with Crippen LogP contribution in [0, 0.1) is 0 Å². The molecule has 0 aliphatic carbocycles. The van der Waals surface area contributed by atoms with Gasteiger partial charge in [0.1, 0.15) is 12.4 Å². The zero-order chi connectivity index (χ0) is 19.9. The Labute approximate surface area is 165 Å². The summed E-state index contributed by atoms with van der Waals surface area (Å²) in [5, 5.41) is 0. The fraction of sp³-hybridized carbons (Fsp3) is 0.174. The molecule has 0 saturated heterocycles. The van der Waals surface area contributed by atoms with Gasteiger partial charge >= 0.3 is 0 Å². The molecule has 28 heavy (non-hydrogen) atoms. The van der Waals surface area contributed by atoms with Crippen LogP contribution in [-0.4, -0.2) is 27.7 Å². The predicted octanol–water partition coefficient (Wildman–Crippen LogP) is 4.54. The first-order valence-electron chi connectivity index (χ1n) is 8.88. The monoisotopic (exact) mass is 377 g/mol. The van der Waals surface area contributed by atoms with Crippen molar-refractivity contribution in [1.29, 1.82) is 0 Å². The van der Waals surface area contributed by atoms with Crippen molar-refractivity contribution in [1.82, 2.24) is 0 Å². The number of methoxy groups -OCH3 is 2. The van der Waals surface area contributed by atoms with E-state index in [4.69, 9.17) is 14.2 Å². The van der Waals surface area contributed by atoms with Crippen LogP contribution in [0.25, 0.3) is 11.1 Å². The number of rotatable bonds is 8. The van der Waals surface area contributed by atoms with Gasteiger partial charge in [0, 0.05) is 12.6 Å². The highest BCUT2D eigenvalue weighted by molar-refractivity contribution is 5.92. The topological polar surface area (TPSA) is 48.0 Å². The van der Waals surface area contributed by atoms with Crippen molar-refractivity contribution < 1.29 is 19.0 Å². The molecule has 3 aromatic carbocycles. The zero-order valence-electron chi connectivity index (χ0n) is 16.2. The summed E-state index contributed by atoms with van der Waals surface area (Å²) in [7, 11) is 4.92. The molecule has 0 aromatic heterocycles. The highest BCUT2D eigenvalue weighted by Crippen LogP contribution is 2.47. The average molecular weight is 377 g/mol. The van der Waals surface area contributed by atoms with Gasteiger partial charge in [-0.05, 0) is 23.8 Å². The van der Waals surface area contributed by atoms with Crippen LogP contribution in [0.3, 0.4) is 0 Å². The lowest BCUT2D eigenvalue weighted by Gasteiger charge is -2.22. The van der Waals surface area contributed by atoms with Gasteiger partial charge in [-0.15, -0.1) is 0 Å². The normalized spacial score (nSPS) is 10.2. The molecule has 0 bridgehead atoms. The molecule has 0 N–H and O–H groups in total. The highest BCUT2D eigenvalue weighted by atomic mass is 16.5. The summed E-state index contributed by atoms with van der Waals surface area (Å²) in [4.78, 5) is 12.9. The summed E-state index contributed by atoms with van der Waals surface area (Å²) in [5.74, 6) is 1.79. The third-order valence-corrected chi connectivity index (χ3v) is 4.46. The van der Waals surface area contributed by atoms with Crippen LogP contribution in [0.15, 0.2) is 66.7 Å². The minimum atomic E-state index is 0.378. The Morgan fingerprint density at radius 2 is 1.50 bits per heavy atom. The van der Waals surface area contributed by atoms with E-state index in [1.54, 1.807) is 21.3 Å². The van der Waals surface area contributed by atoms with E-state index in [0.29, 0.717) is 23.9 Å². The predicted molar refractivity (Wildman–Crippen MR) is 110 cm³/mol. The number of anilines is 1. The molecule has 0 unspecified atom stereocenters. The van der Waals surface area contributed by atoms with Crippen LogP contribution < -0.4 is 19.1 Å². The van der Waals surface area contributed by atoms with Crippen LogP contribution in [0.5, 0.6) is 17.2 Å². The van der Waals surface area contributed by atoms with Gasteiger partial charge in [0.15, 0.2) is 11.5 Å². The van der Waals surface area contributed by atoms with Gasteiger partial charge in [-0.25, -0.2) is 0 Å². The summed E-state index contributed by atoms with van der Waals surface area (Å²) in [6.07, 6.45) is 0.774. The molecule has 0 atom stereocenters. The summed E-state index contributed by atoms with van der Waals surface area (Å²) < 4.78 is 17.4. The second kappa shape index (κ2) is 8.95. The molecule has 144 valence electrons. The third kappa shape index (κ3) is 3.93. The molecule has 0 spiro atoms. The molecular formula is C23H23NO4. The van der Waals surface area contributed by atoms with Gasteiger partial charge < -0.3 is 19.1 Å². The number of para-hydroxylation sites is 1. The molecule has 5 nitrogen and oxygen atoms in total. The Hall–Kier alpha value is -3.47. The Morgan fingerprint density at radius 3 is 2.18 bits per heavy atom. The Morgan fingerprint density at radius 1 is 0.857 bits per heavy atom.